The molecule has 0 N–H and O–H groups in total. The Bertz CT molecular complexity index is 1410. The van der Waals surface area contributed by atoms with Crippen molar-refractivity contribution in [2.24, 2.45) is 0 Å². The van der Waals surface area contributed by atoms with Gasteiger partial charge in [-0.25, -0.2) is 17.5 Å². The fourth-order valence-electron chi connectivity index (χ4n) is 4.34. The second-order valence-electron chi connectivity index (χ2n) is 7.91. The molecular weight excluding hydrogens is 502 g/mol. The van der Waals surface area contributed by atoms with Gasteiger partial charge in [0.25, 0.3) is 10.0 Å². The van der Waals surface area contributed by atoms with Gasteiger partial charge in [0, 0.05) is 21.7 Å². The third-order valence-electron chi connectivity index (χ3n) is 5.89. The predicted octanol–water partition coefficient (Wildman–Crippen LogP) is 5.61. The van der Waals surface area contributed by atoms with E-state index in [4.69, 9.17) is 4.74 Å². The van der Waals surface area contributed by atoms with Gasteiger partial charge in [-0.2, -0.15) is 0 Å². The molecule has 3 aromatic rings. The Kier molecular flexibility index (Phi) is 5.46. The fraction of sp³-hybridized carbons (Fsp3) is 0.115. The highest BCUT2D eigenvalue weighted by molar-refractivity contribution is 9.10. The number of rotatable bonds is 4. The summed E-state index contributed by atoms with van der Waals surface area (Å²) in [7, 11) is -3.81. The molecule has 2 aliphatic rings. The highest BCUT2D eigenvalue weighted by Crippen LogP contribution is 2.48. The maximum absolute atomic E-state index is 13.4. The topological polar surface area (TPSA) is 63.7 Å². The Morgan fingerprint density at radius 3 is 2.36 bits per heavy atom. The minimum absolute atomic E-state index is 0.104. The summed E-state index contributed by atoms with van der Waals surface area (Å²) in [6.07, 6.45) is 1.85. The van der Waals surface area contributed by atoms with Crippen LogP contribution >= 0.6 is 15.9 Å². The molecule has 1 atom stereocenters. The van der Waals surface area contributed by atoms with E-state index in [9.17, 15) is 13.2 Å². The number of hydrogen-bond donors (Lipinski definition) is 0. The van der Waals surface area contributed by atoms with Crippen LogP contribution in [0.4, 0.5) is 0 Å². The average molecular weight is 522 g/mol. The first kappa shape index (κ1) is 21.7. The maximum Gasteiger partial charge on any atom is 0.337 e. The molecule has 0 aromatic heterocycles. The Morgan fingerprint density at radius 2 is 1.64 bits per heavy atom. The number of allylic oxidation sites excluding steroid dienone is 2. The SMILES string of the molecule is CC1=C(C(=O)OCc2ccccc2)[C@H](c2ccc(Br)cc2)C=C2c3ccccc3S(=O)(=O)N21. The van der Waals surface area contributed by atoms with E-state index < -0.39 is 21.9 Å². The van der Waals surface area contributed by atoms with E-state index in [2.05, 4.69) is 15.9 Å². The lowest BCUT2D eigenvalue weighted by Crippen LogP contribution is -2.30. The summed E-state index contributed by atoms with van der Waals surface area (Å²) >= 11 is 3.45. The van der Waals surface area contributed by atoms with Gasteiger partial charge in [-0.15, -0.1) is 0 Å². The molecule has 5 nitrogen and oxygen atoms in total. The summed E-state index contributed by atoms with van der Waals surface area (Å²) in [6.45, 7) is 1.77. The molecule has 0 amide bonds. The van der Waals surface area contributed by atoms with E-state index >= 15 is 0 Å². The molecule has 166 valence electrons. The molecule has 7 heteroatoms. The Balaban J connectivity index is 1.62. The number of sulfonamides is 1. The lowest BCUT2D eigenvalue weighted by atomic mass is 9.86. The third kappa shape index (κ3) is 3.71. The summed E-state index contributed by atoms with van der Waals surface area (Å²) in [5.74, 6) is -0.986. The van der Waals surface area contributed by atoms with Crippen LogP contribution in [0.5, 0.6) is 0 Å². The molecule has 5 rings (SSSR count). The van der Waals surface area contributed by atoms with Gasteiger partial charge in [-0.1, -0.05) is 76.6 Å². The van der Waals surface area contributed by atoms with Crippen molar-refractivity contribution in [3.63, 3.8) is 0 Å². The van der Waals surface area contributed by atoms with E-state index in [1.165, 1.54) is 4.31 Å². The number of fused-ring (bicyclic) bond motifs is 3. The first-order valence-corrected chi connectivity index (χ1v) is 12.6. The molecular formula is C26H20BrNO4S. The molecule has 3 aromatic carbocycles. The summed E-state index contributed by atoms with van der Waals surface area (Å²) < 4.78 is 34.5. The van der Waals surface area contributed by atoms with Crippen molar-refractivity contribution in [3.8, 4) is 0 Å². The van der Waals surface area contributed by atoms with Gasteiger partial charge in [0.2, 0.25) is 0 Å². The largest absolute Gasteiger partial charge is 0.457 e. The van der Waals surface area contributed by atoms with Crippen LogP contribution in [-0.2, 0) is 26.2 Å². The lowest BCUT2D eigenvalue weighted by Gasteiger charge is -2.31. The molecule has 2 aliphatic heterocycles. The minimum Gasteiger partial charge on any atom is -0.457 e. The first-order chi connectivity index (χ1) is 15.9. The Hall–Kier alpha value is -3.16. The molecule has 0 bridgehead atoms. The van der Waals surface area contributed by atoms with E-state index in [0.29, 0.717) is 22.5 Å². The Morgan fingerprint density at radius 1 is 0.970 bits per heavy atom. The number of esters is 1. The van der Waals surface area contributed by atoms with Gasteiger partial charge in [0.15, 0.2) is 0 Å². The van der Waals surface area contributed by atoms with E-state index in [0.717, 1.165) is 15.6 Å². The summed E-state index contributed by atoms with van der Waals surface area (Å²) in [6, 6.07) is 24.0. The van der Waals surface area contributed by atoms with E-state index in [1.54, 1.807) is 25.1 Å². The number of carbonyl (C=O) groups excluding carboxylic acids is 1. The zero-order valence-corrected chi connectivity index (χ0v) is 20.1. The van der Waals surface area contributed by atoms with Gasteiger partial charge in [-0.3, -0.25) is 0 Å². The van der Waals surface area contributed by atoms with E-state index in [1.807, 2.05) is 66.7 Å². The lowest BCUT2D eigenvalue weighted by molar-refractivity contribution is -0.140. The summed E-state index contributed by atoms with van der Waals surface area (Å²) in [4.78, 5) is 13.6. The highest BCUT2D eigenvalue weighted by atomic mass is 79.9. The smallest absolute Gasteiger partial charge is 0.337 e. The molecule has 0 aliphatic carbocycles. The molecule has 0 fully saturated rings. The number of carbonyl (C=O) groups is 1. The second-order valence-corrected chi connectivity index (χ2v) is 10.6. The quantitative estimate of drug-likeness (QED) is 0.418. The van der Waals surface area contributed by atoms with Crippen LogP contribution in [0.3, 0.4) is 0 Å². The zero-order valence-electron chi connectivity index (χ0n) is 17.7. The normalized spacial score (nSPS) is 18.4. The van der Waals surface area contributed by atoms with Crippen LogP contribution < -0.4 is 0 Å². The van der Waals surface area contributed by atoms with Gasteiger partial charge >= 0.3 is 5.97 Å². The molecule has 0 unspecified atom stereocenters. The highest BCUT2D eigenvalue weighted by Gasteiger charge is 2.44. The second kappa shape index (κ2) is 8.32. The van der Waals surface area contributed by atoms with Gasteiger partial charge in [-0.05, 0) is 42.3 Å². The molecule has 0 spiro atoms. The zero-order chi connectivity index (χ0) is 23.2. The fourth-order valence-corrected chi connectivity index (χ4v) is 6.38. The molecule has 0 saturated heterocycles. The van der Waals surface area contributed by atoms with Crippen molar-refractivity contribution in [2.75, 3.05) is 0 Å². The number of benzene rings is 3. The molecule has 0 radical (unpaired) electrons. The first-order valence-electron chi connectivity index (χ1n) is 10.4. The molecule has 0 saturated carbocycles. The van der Waals surface area contributed by atoms with Crippen LogP contribution in [0.15, 0.2) is 106 Å². The van der Waals surface area contributed by atoms with Crippen LogP contribution in [-0.4, -0.2) is 18.7 Å². The average Bonchev–Trinajstić information content (AvgIpc) is 3.06. The van der Waals surface area contributed by atoms with Crippen molar-refractivity contribution in [1.29, 1.82) is 0 Å². The van der Waals surface area contributed by atoms with Crippen molar-refractivity contribution in [2.45, 2.75) is 24.3 Å². The third-order valence-corrected chi connectivity index (χ3v) is 8.28. The molecule has 33 heavy (non-hydrogen) atoms. The number of ether oxygens (including phenoxy) is 1. The van der Waals surface area contributed by atoms with Crippen molar-refractivity contribution in [1.82, 2.24) is 4.31 Å². The number of halogens is 1. The van der Waals surface area contributed by atoms with Crippen molar-refractivity contribution < 1.29 is 17.9 Å². The molecule has 2 heterocycles. The number of nitrogens with zero attached hydrogens (tertiary/aromatic N) is 1. The summed E-state index contributed by atoms with van der Waals surface area (Å²) in [5, 5.41) is 0. The van der Waals surface area contributed by atoms with Gasteiger partial charge in [0.05, 0.1) is 16.2 Å². The van der Waals surface area contributed by atoms with E-state index in [-0.39, 0.29) is 11.5 Å². The minimum atomic E-state index is -3.81. The van der Waals surface area contributed by atoms with Crippen LogP contribution in [0, 0.1) is 0 Å². The Labute approximate surface area is 201 Å². The predicted molar refractivity (Wildman–Crippen MR) is 129 cm³/mol. The van der Waals surface area contributed by atoms with Crippen LogP contribution in [0.2, 0.25) is 0 Å². The van der Waals surface area contributed by atoms with Crippen LogP contribution in [0.1, 0.15) is 29.5 Å². The monoisotopic (exact) mass is 521 g/mol. The van der Waals surface area contributed by atoms with Crippen molar-refractivity contribution >= 4 is 37.6 Å². The number of hydrogen-bond acceptors (Lipinski definition) is 4. The summed E-state index contributed by atoms with van der Waals surface area (Å²) in [5.41, 5.74) is 3.60. The standard InChI is InChI=1S/C26H20BrNO4S/c1-17-25(26(29)32-16-18-7-3-2-4-8-18)22(19-11-13-20(27)14-12-19)15-23-21-9-5-6-10-24(21)33(30,31)28(17)23/h2-15,22H,16H2,1H3/t22-/m0/s1. The van der Waals surface area contributed by atoms with Crippen LogP contribution in [0.25, 0.3) is 5.70 Å². The van der Waals surface area contributed by atoms with Crippen molar-refractivity contribution in [3.05, 3.63) is 117 Å². The van der Waals surface area contributed by atoms with Gasteiger partial charge in [0.1, 0.15) is 6.61 Å². The maximum atomic E-state index is 13.4. The van der Waals surface area contributed by atoms with Gasteiger partial charge < -0.3 is 4.74 Å².